The number of hydrogen-bond donors (Lipinski definition) is 2. The first kappa shape index (κ1) is 22.9. The minimum atomic E-state index is -0.390. The summed E-state index contributed by atoms with van der Waals surface area (Å²) in [4.78, 5) is 33.5. The van der Waals surface area contributed by atoms with E-state index in [0.29, 0.717) is 5.82 Å². The Morgan fingerprint density at radius 1 is 1.13 bits per heavy atom. The van der Waals surface area contributed by atoms with Gasteiger partial charge >= 0.3 is 0 Å². The quantitative estimate of drug-likeness (QED) is 0.682. The summed E-state index contributed by atoms with van der Waals surface area (Å²) >= 11 is 0. The number of aromatic nitrogens is 1. The number of rotatable bonds is 8. The Kier molecular flexibility index (Phi) is 8.14. The number of carbonyl (C=O) groups is 2. The molecule has 0 aliphatic carbocycles. The fraction of sp³-hybridized carbons (Fsp3) is 0.458. The summed E-state index contributed by atoms with van der Waals surface area (Å²) in [7, 11) is 1.79. The van der Waals surface area contributed by atoms with Crippen molar-refractivity contribution in [2.75, 3.05) is 32.0 Å². The second kappa shape index (κ2) is 11.0. The van der Waals surface area contributed by atoms with E-state index in [9.17, 15) is 9.59 Å². The zero-order chi connectivity index (χ0) is 22.2. The van der Waals surface area contributed by atoms with E-state index in [4.69, 9.17) is 0 Å². The molecule has 0 bridgehead atoms. The van der Waals surface area contributed by atoms with Crippen molar-refractivity contribution in [3.63, 3.8) is 0 Å². The molecule has 1 aromatic carbocycles. The Morgan fingerprint density at radius 2 is 1.84 bits per heavy atom. The van der Waals surface area contributed by atoms with Gasteiger partial charge in [-0.2, -0.15) is 0 Å². The number of carbonyl (C=O) groups excluding carboxylic acids is 2. The molecule has 3 rings (SSSR count). The molecule has 0 saturated carbocycles. The maximum atomic E-state index is 12.7. The fourth-order valence-electron chi connectivity index (χ4n) is 3.76. The average molecular weight is 424 g/mol. The highest BCUT2D eigenvalue weighted by Gasteiger charge is 2.25. The van der Waals surface area contributed by atoms with E-state index < -0.39 is 6.04 Å². The molecule has 2 aromatic rings. The molecule has 166 valence electrons. The van der Waals surface area contributed by atoms with Crippen molar-refractivity contribution in [3.8, 4) is 0 Å². The van der Waals surface area contributed by atoms with Crippen LogP contribution in [-0.4, -0.2) is 65.4 Å². The molecular weight excluding hydrogens is 390 g/mol. The van der Waals surface area contributed by atoms with Gasteiger partial charge in [0.25, 0.3) is 0 Å². The molecule has 0 radical (unpaired) electrons. The first-order valence-corrected chi connectivity index (χ1v) is 10.9. The van der Waals surface area contributed by atoms with Crippen LogP contribution in [0.5, 0.6) is 0 Å². The predicted molar refractivity (Wildman–Crippen MR) is 123 cm³/mol. The molecule has 7 heteroatoms. The lowest BCUT2D eigenvalue weighted by atomic mass is 10.0. The lowest BCUT2D eigenvalue weighted by Crippen LogP contribution is -2.51. The molecule has 2 amide bonds. The van der Waals surface area contributed by atoms with Crippen molar-refractivity contribution < 1.29 is 9.59 Å². The first-order valence-electron chi connectivity index (χ1n) is 10.9. The van der Waals surface area contributed by atoms with Gasteiger partial charge in [0.1, 0.15) is 5.82 Å². The SMILES string of the molecule is Cc1cccc(NC(=O)CN(C)C(C)C(=O)NC2CCN(Cc3ccccc3)CC2)n1. The van der Waals surface area contributed by atoms with Crippen LogP contribution in [0.3, 0.4) is 0 Å². The summed E-state index contributed by atoms with van der Waals surface area (Å²) in [5.41, 5.74) is 2.16. The summed E-state index contributed by atoms with van der Waals surface area (Å²) in [6.45, 7) is 6.72. The van der Waals surface area contributed by atoms with Crippen LogP contribution in [0.25, 0.3) is 0 Å². The van der Waals surface area contributed by atoms with Crippen molar-refractivity contribution in [2.24, 2.45) is 0 Å². The number of likely N-dealkylation sites (tertiary alicyclic amines) is 1. The number of nitrogens with one attached hydrogen (secondary N) is 2. The Hall–Kier alpha value is -2.77. The van der Waals surface area contributed by atoms with Crippen LogP contribution in [0.2, 0.25) is 0 Å². The number of nitrogens with zero attached hydrogens (tertiary/aromatic N) is 3. The number of amides is 2. The molecule has 2 N–H and O–H groups in total. The van der Waals surface area contributed by atoms with E-state index in [2.05, 4.69) is 44.8 Å². The monoisotopic (exact) mass is 423 g/mol. The molecule has 1 aliphatic rings. The van der Waals surface area contributed by atoms with Crippen molar-refractivity contribution in [1.29, 1.82) is 0 Å². The molecule has 1 saturated heterocycles. The van der Waals surface area contributed by atoms with Gasteiger partial charge < -0.3 is 10.6 Å². The lowest BCUT2D eigenvalue weighted by Gasteiger charge is -2.33. The average Bonchev–Trinajstić information content (AvgIpc) is 2.75. The summed E-state index contributed by atoms with van der Waals surface area (Å²) < 4.78 is 0. The largest absolute Gasteiger partial charge is 0.352 e. The van der Waals surface area contributed by atoms with Crippen molar-refractivity contribution in [1.82, 2.24) is 20.1 Å². The molecular formula is C24H33N5O2. The second-order valence-electron chi connectivity index (χ2n) is 8.35. The van der Waals surface area contributed by atoms with E-state index in [1.165, 1.54) is 5.56 Å². The van der Waals surface area contributed by atoms with Crippen LogP contribution in [0.1, 0.15) is 31.0 Å². The number of anilines is 1. The fourth-order valence-corrected chi connectivity index (χ4v) is 3.76. The molecule has 1 aliphatic heterocycles. The maximum absolute atomic E-state index is 12.7. The van der Waals surface area contributed by atoms with Gasteiger partial charge in [-0.15, -0.1) is 0 Å². The van der Waals surface area contributed by atoms with Crippen molar-refractivity contribution in [3.05, 3.63) is 59.8 Å². The summed E-state index contributed by atoms with van der Waals surface area (Å²) in [5.74, 6) is 0.303. The van der Waals surface area contributed by atoms with Gasteiger partial charge in [-0.1, -0.05) is 36.4 Å². The Morgan fingerprint density at radius 3 is 2.52 bits per heavy atom. The van der Waals surface area contributed by atoms with Gasteiger partial charge in [-0.3, -0.25) is 19.4 Å². The molecule has 1 atom stereocenters. The van der Waals surface area contributed by atoms with Crippen molar-refractivity contribution >= 4 is 17.6 Å². The number of hydrogen-bond acceptors (Lipinski definition) is 5. The third kappa shape index (κ3) is 7.15. The molecule has 31 heavy (non-hydrogen) atoms. The third-order valence-electron chi connectivity index (χ3n) is 5.77. The highest BCUT2D eigenvalue weighted by molar-refractivity contribution is 5.92. The van der Waals surface area contributed by atoms with Crippen LogP contribution in [0.15, 0.2) is 48.5 Å². The van der Waals surface area contributed by atoms with Crippen LogP contribution < -0.4 is 10.6 Å². The molecule has 0 spiro atoms. The predicted octanol–water partition coefficient (Wildman–Crippen LogP) is 2.43. The van der Waals surface area contributed by atoms with E-state index >= 15 is 0 Å². The minimum absolute atomic E-state index is 0.0366. The number of aryl methyl sites for hydroxylation is 1. The number of benzene rings is 1. The standard InChI is InChI=1S/C24H33N5O2/c1-18-8-7-11-22(25-18)27-23(30)17-28(3)19(2)24(31)26-21-12-14-29(15-13-21)16-20-9-5-4-6-10-20/h4-11,19,21H,12-17H2,1-3H3,(H,26,31)(H,25,27,30). The Bertz CT molecular complexity index is 865. The van der Waals surface area contributed by atoms with Crippen LogP contribution >= 0.6 is 0 Å². The van der Waals surface area contributed by atoms with Gasteiger partial charge in [0.2, 0.25) is 11.8 Å². The van der Waals surface area contributed by atoms with Crippen LogP contribution in [-0.2, 0) is 16.1 Å². The highest BCUT2D eigenvalue weighted by Crippen LogP contribution is 2.14. The van der Waals surface area contributed by atoms with Crippen LogP contribution in [0, 0.1) is 6.92 Å². The normalized spacial score (nSPS) is 16.1. The third-order valence-corrected chi connectivity index (χ3v) is 5.77. The van der Waals surface area contributed by atoms with Crippen molar-refractivity contribution in [2.45, 2.75) is 45.3 Å². The molecule has 1 aromatic heterocycles. The first-order chi connectivity index (χ1) is 14.9. The summed E-state index contributed by atoms with van der Waals surface area (Å²) in [5, 5.41) is 5.95. The molecule has 7 nitrogen and oxygen atoms in total. The number of pyridine rings is 1. The lowest BCUT2D eigenvalue weighted by molar-refractivity contribution is -0.127. The molecule has 2 heterocycles. The van der Waals surface area contributed by atoms with E-state index in [-0.39, 0.29) is 24.4 Å². The Balaban J connectivity index is 1.40. The second-order valence-corrected chi connectivity index (χ2v) is 8.35. The highest BCUT2D eigenvalue weighted by atomic mass is 16.2. The van der Waals surface area contributed by atoms with Gasteiger partial charge in [-0.05, 0) is 51.4 Å². The van der Waals surface area contributed by atoms with E-state index in [1.807, 2.05) is 32.0 Å². The van der Waals surface area contributed by atoms with E-state index in [1.54, 1.807) is 18.0 Å². The smallest absolute Gasteiger partial charge is 0.239 e. The molecule has 1 fully saturated rings. The zero-order valence-electron chi connectivity index (χ0n) is 18.7. The van der Waals surface area contributed by atoms with Gasteiger partial charge in [0, 0.05) is 31.4 Å². The topological polar surface area (TPSA) is 77.6 Å². The van der Waals surface area contributed by atoms with Gasteiger partial charge in [0.05, 0.1) is 12.6 Å². The number of piperidine rings is 1. The Labute approximate surface area is 184 Å². The zero-order valence-corrected chi connectivity index (χ0v) is 18.7. The number of likely N-dealkylation sites (N-methyl/N-ethyl adjacent to an activating group) is 1. The summed E-state index contributed by atoms with van der Waals surface area (Å²) in [6, 6.07) is 15.7. The summed E-state index contributed by atoms with van der Waals surface area (Å²) in [6.07, 6.45) is 1.88. The minimum Gasteiger partial charge on any atom is -0.352 e. The van der Waals surface area contributed by atoms with E-state index in [0.717, 1.165) is 38.2 Å². The molecule has 1 unspecified atom stereocenters. The maximum Gasteiger partial charge on any atom is 0.239 e. The van der Waals surface area contributed by atoms with Gasteiger partial charge in [0.15, 0.2) is 0 Å². The van der Waals surface area contributed by atoms with Crippen LogP contribution in [0.4, 0.5) is 5.82 Å². The van der Waals surface area contributed by atoms with Gasteiger partial charge in [-0.25, -0.2) is 4.98 Å².